The van der Waals surface area contributed by atoms with E-state index in [0.29, 0.717) is 5.56 Å². The maximum atomic E-state index is 14.1. The van der Waals surface area contributed by atoms with E-state index < -0.39 is 0 Å². The van der Waals surface area contributed by atoms with Gasteiger partial charge in [-0.25, -0.2) is 4.39 Å². The molecule has 0 radical (unpaired) electrons. The Kier molecular flexibility index (Phi) is 4.71. The van der Waals surface area contributed by atoms with Crippen molar-refractivity contribution in [3.63, 3.8) is 0 Å². The molecule has 1 unspecified atom stereocenters. The number of nitrogens with one attached hydrogen (secondary N) is 1. The minimum Gasteiger partial charge on any atom is -0.306 e. The lowest BCUT2D eigenvalue weighted by atomic mass is 10.0. The van der Waals surface area contributed by atoms with Crippen LogP contribution >= 0.6 is 15.9 Å². The van der Waals surface area contributed by atoms with Crippen molar-refractivity contribution in [2.45, 2.75) is 19.4 Å². The Hall–Kier alpha value is -1.20. The van der Waals surface area contributed by atoms with E-state index in [1.165, 1.54) is 6.07 Å². The largest absolute Gasteiger partial charge is 0.306 e. The number of nitrogens with zero attached hydrogens (tertiary/aromatic N) is 2. The summed E-state index contributed by atoms with van der Waals surface area (Å²) < 4.78 is 16.7. The van der Waals surface area contributed by atoms with Gasteiger partial charge in [-0.05, 0) is 31.2 Å². The van der Waals surface area contributed by atoms with Crippen LogP contribution in [-0.4, -0.2) is 16.3 Å². The van der Waals surface area contributed by atoms with Crippen LogP contribution in [0.15, 0.2) is 35.1 Å². The zero-order valence-electron chi connectivity index (χ0n) is 11.0. The second-order valence-electron chi connectivity index (χ2n) is 4.50. The van der Waals surface area contributed by atoms with Gasteiger partial charge in [0.05, 0.1) is 12.2 Å². The number of hydrogen-bond acceptors (Lipinski definition) is 2. The fraction of sp³-hybridized carbons (Fsp3) is 0.357. The van der Waals surface area contributed by atoms with Gasteiger partial charge in [0.2, 0.25) is 0 Å². The first-order valence-corrected chi connectivity index (χ1v) is 7.08. The van der Waals surface area contributed by atoms with Gasteiger partial charge in [0, 0.05) is 28.8 Å². The third-order valence-corrected chi connectivity index (χ3v) is 3.42. The molecule has 0 saturated heterocycles. The standard InChI is InChI=1S/C14H17BrFN3/c1-3-6-17-14(10-8-18-19(2)9-10)12-7-11(15)4-5-13(12)16/h4-5,7-9,14,17H,3,6H2,1-2H3. The summed E-state index contributed by atoms with van der Waals surface area (Å²) in [5.41, 5.74) is 1.60. The molecule has 3 nitrogen and oxygen atoms in total. The first-order valence-electron chi connectivity index (χ1n) is 6.28. The van der Waals surface area contributed by atoms with Crippen molar-refractivity contribution < 1.29 is 4.39 Å². The number of hydrogen-bond donors (Lipinski definition) is 1. The summed E-state index contributed by atoms with van der Waals surface area (Å²) in [5, 5.41) is 7.53. The summed E-state index contributed by atoms with van der Waals surface area (Å²) in [4.78, 5) is 0. The van der Waals surface area contributed by atoms with E-state index >= 15 is 0 Å². The van der Waals surface area contributed by atoms with Crippen molar-refractivity contribution in [3.05, 3.63) is 52.0 Å². The molecular formula is C14H17BrFN3. The van der Waals surface area contributed by atoms with Crippen LogP contribution in [0.2, 0.25) is 0 Å². The Balaban J connectivity index is 2.39. The van der Waals surface area contributed by atoms with Crippen LogP contribution in [0.3, 0.4) is 0 Å². The Morgan fingerprint density at radius 3 is 2.89 bits per heavy atom. The van der Waals surface area contributed by atoms with Gasteiger partial charge in [-0.2, -0.15) is 5.10 Å². The number of rotatable bonds is 5. The SMILES string of the molecule is CCCNC(c1cnn(C)c1)c1cc(Br)ccc1F. The van der Waals surface area contributed by atoms with E-state index in [-0.39, 0.29) is 11.9 Å². The van der Waals surface area contributed by atoms with E-state index in [1.54, 1.807) is 16.9 Å². The number of benzene rings is 1. The van der Waals surface area contributed by atoms with Gasteiger partial charge in [0.25, 0.3) is 0 Å². The van der Waals surface area contributed by atoms with Crippen LogP contribution in [0.5, 0.6) is 0 Å². The molecule has 5 heteroatoms. The lowest BCUT2D eigenvalue weighted by molar-refractivity contribution is 0.546. The van der Waals surface area contributed by atoms with Gasteiger partial charge in [-0.15, -0.1) is 0 Å². The average Bonchev–Trinajstić information content (AvgIpc) is 2.80. The van der Waals surface area contributed by atoms with E-state index in [9.17, 15) is 4.39 Å². The average molecular weight is 326 g/mol. The maximum Gasteiger partial charge on any atom is 0.128 e. The predicted molar refractivity (Wildman–Crippen MR) is 77.4 cm³/mol. The third-order valence-electron chi connectivity index (χ3n) is 2.93. The van der Waals surface area contributed by atoms with E-state index in [1.807, 2.05) is 19.3 Å². The van der Waals surface area contributed by atoms with Gasteiger partial charge < -0.3 is 5.32 Å². The van der Waals surface area contributed by atoms with E-state index in [0.717, 1.165) is 23.0 Å². The molecule has 0 aliphatic rings. The molecule has 1 aromatic carbocycles. The highest BCUT2D eigenvalue weighted by molar-refractivity contribution is 9.10. The maximum absolute atomic E-state index is 14.1. The highest BCUT2D eigenvalue weighted by atomic mass is 79.9. The first kappa shape index (κ1) is 14.2. The quantitative estimate of drug-likeness (QED) is 0.912. The molecule has 0 aliphatic carbocycles. The minimum atomic E-state index is -0.208. The topological polar surface area (TPSA) is 29.9 Å². The van der Waals surface area contributed by atoms with Crippen LogP contribution in [0.25, 0.3) is 0 Å². The molecule has 0 bridgehead atoms. The fourth-order valence-electron chi connectivity index (χ4n) is 2.02. The van der Waals surface area contributed by atoms with Crippen molar-refractivity contribution in [3.8, 4) is 0 Å². The molecule has 0 aliphatic heterocycles. The van der Waals surface area contributed by atoms with Crippen molar-refractivity contribution in [2.75, 3.05) is 6.54 Å². The van der Waals surface area contributed by atoms with Gasteiger partial charge in [-0.3, -0.25) is 4.68 Å². The zero-order chi connectivity index (χ0) is 13.8. The van der Waals surface area contributed by atoms with Crippen LogP contribution in [0.4, 0.5) is 4.39 Å². The van der Waals surface area contributed by atoms with Crippen LogP contribution in [-0.2, 0) is 7.05 Å². The van der Waals surface area contributed by atoms with Gasteiger partial charge in [-0.1, -0.05) is 22.9 Å². The molecule has 1 N–H and O–H groups in total. The molecule has 2 aromatic rings. The molecule has 1 atom stereocenters. The number of aryl methyl sites for hydroxylation is 1. The molecule has 1 aromatic heterocycles. The van der Waals surface area contributed by atoms with Crippen molar-refractivity contribution in [1.29, 1.82) is 0 Å². The summed E-state index contributed by atoms with van der Waals surface area (Å²) in [5.74, 6) is -0.208. The molecule has 102 valence electrons. The molecule has 1 heterocycles. The minimum absolute atomic E-state index is 0.175. The number of aromatic nitrogens is 2. The second-order valence-corrected chi connectivity index (χ2v) is 5.42. The first-order chi connectivity index (χ1) is 9.11. The lowest BCUT2D eigenvalue weighted by Gasteiger charge is -2.18. The zero-order valence-corrected chi connectivity index (χ0v) is 12.6. The van der Waals surface area contributed by atoms with Crippen LogP contribution in [0.1, 0.15) is 30.5 Å². The molecule has 0 spiro atoms. The predicted octanol–water partition coefficient (Wildman–Crippen LogP) is 3.41. The molecule has 0 amide bonds. The molecule has 2 rings (SSSR count). The smallest absolute Gasteiger partial charge is 0.128 e. The molecule has 0 fully saturated rings. The molecular weight excluding hydrogens is 309 g/mol. The van der Waals surface area contributed by atoms with E-state index in [4.69, 9.17) is 0 Å². The monoisotopic (exact) mass is 325 g/mol. The summed E-state index contributed by atoms with van der Waals surface area (Å²) in [6.45, 7) is 2.91. The highest BCUT2D eigenvalue weighted by Crippen LogP contribution is 2.26. The number of halogens is 2. The van der Waals surface area contributed by atoms with Gasteiger partial charge >= 0.3 is 0 Å². The highest BCUT2D eigenvalue weighted by Gasteiger charge is 2.19. The lowest BCUT2D eigenvalue weighted by Crippen LogP contribution is -2.23. The van der Waals surface area contributed by atoms with Crippen molar-refractivity contribution in [2.24, 2.45) is 7.05 Å². The Labute approximate surface area is 121 Å². The van der Waals surface area contributed by atoms with Crippen LogP contribution in [0, 0.1) is 5.82 Å². The van der Waals surface area contributed by atoms with Gasteiger partial charge in [0.15, 0.2) is 0 Å². The van der Waals surface area contributed by atoms with Gasteiger partial charge in [0.1, 0.15) is 5.82 Å². The third kappa shape index (κ3) is 3.42. The summed E-state index contributed by atoms with van der Waals surface area (Å²) in [7, 11) is 1.86. The Morgan fingerprint density at radius 1 is 1.47 bits per heavy atom. The summed E-state index contributed by atoms with van der Waals surface area (Å²) >= 11 is 3.40. The second kappa shape index (κ2) is 6.30. The Bertz CT molecular complexity index is 553. The molecule has 0 saturated carbocycles. The van der Waals surface area contributed by atoms with E-state index in [2.05, 4.69) is 33.3 Å². The normalized spacial score (nSPS) is 12.6. The summed E-state index contributed by atoms with van der Waals surface area (Å²) in [6.07, 6.45) is 4.67. The van der Waals surface area contributed by atoms with Crippen molar-refractivity contribution in [1.82, 2.24) is 15.1 Å². The summed E-state index contributed by atoms with van der Waals surface area (Å²) in [6, 6.07) is 4.83. The Morgan fingerprint density at radius 2 is 2.26 bits per heavy atom. The molecule has 19 heavy (non-hydrogen) atoms. The fourth-order valence-corrected chi connectivity index (χ4v) is 2.40. The van der Waals surface area contributed by atoms with Crippen molar-refractivity contribution >= 4 is 15.9 Å². The van der Waals surface area contributed by atoms with Crippen LogP contribution < -0.4 is 5.32 Å².